The van der Waals surface area contributed by atoms with Crippen molar-refractivity contribution in [2.24, 2.45) is 10.1 Å². The number of thioether (sulfide) groups is 1. The van der Waals surface area contributed by atoms with E-state index >= 15 is 0 Å². The van der Waals surface area contributed by atoms with E-state index in [1.165, 1.54) is 22.9 Å². The third-order valence-corrected chi connectivity index (χ3v) is 5.90. The molecule has 0 saturated carbocycles. The molecule has 1 N–H and O–H groups in total. The topological polar surface area (TPSA) is 70.0 Å². The Morgan fingerprint density at radius 1 is 1.03 bits per heavy atom. The molecule has 2 aliphatic rings. The molecule has 0 bridgehead atoms. The first kappa shape index (κ1) is 18.6. The number of fused-ring (bicyclic) bond motifs is 2. The standard InChI is InChI=1S/C23H19N5OS/c1-15-9-11-16(12-10-15)14-30-23-26-22(29)20-17-6-2-3-7-18(17)25-21(28(20)27-23)19-8-4-5-13-24-19/h2-13,21H,14H2,1H3,(H,26,27,29)/t21-/m1/s1. The van der Waals surface area contributed by atoms with Crippen LogP contribution in [-0.4, -0.2) is 21.1 Å². The summed E-state index contributed by atoms with van der Waals surface area (Å²) < 4.78 is 0. The van der Waals surface area contributed by atoms with Crippen molar-refractivity contribution in [3.8, 4) is 0 Å². The molecule has 0 unspecified atom stereocenters. The van der Waals surface area contributed by atoms with E-state index in [9.17, 15) is 4.79 Å². The van der Waals surface area contributed by atoms with Gasteiger partial charge in [0, 0.05) is 17.2 Å². The van der Waals surface area contributed by atoms with Gasteiger partial charge in [-0.05, 0) is 30.7 Å². The van der Waals surface area contributed by atoms with Crippen molar-refractivity contribution in [1.29, 1.82) is 0 Å². The van der Waals surface area contributed by atoms with Crippen LogP contribution >= 0.6 is 11.8 Å². The van der Waals surface area contributed by atoms with Crippen LogP contribution in [0.5, 0.6) is 0 Å². The summed E-state index contributed by atoms with van der Waals surface area (Å²) in [7, 11) is 0. The molecule has 2 aliphatic heterocycles. The quantitative estimate of drug-likeness (QED) is 0.716. The van der Waals surface area contributed by atoms with Gasteiger partial charge in [0.1, 0.15) is 5.70 Å². The van der Waals surface area contributed by atoms with Gasteiger partial charge in [-0.3, -0.25) is 20.1 Å². The van der Waals surface area contributed by atoms with Crippen LogP contribution < -0.4 is 15.9 Å². The second-order valence-corrected chi connectivity index (χ2v) is 8.07. The minimum Gasteiger partial charge on any atom is -0.298 e. The molecule has 1 atom stereocenters. The second kappa shape index (κ2) is 7.76. The maximum absolute atomic E-state index is 13.1. The van der Waals surface area contributed by atoms with Gasteiger partial charge in [-0.25, -0.2) is 5.01 Å². The summed E-state index contributed by atoms with van der Waals surface area (Å²) in [5, 5.41) is 11.5. The van der Waals surface area contributed by atoms with Gasteiger partial charge in [0.05, 0.1) is 11.1 Å². The number of para-hydroxylation sites is 1. The number of rotatable bonds is 3. The number of carbonyl (C=O) groups excluding carboxylic acids is 1. The Hall–Kier alpha value is -3.45. The van der Waals surface area contributed by atoms with Crippen LogP contribution in [0.25, 0.3) is 5.70 Å². The van der Waals surface area contributed by atoms with E-state index in [2.05, 4.69) is 41.5 Å². The van der Waals surface area contributed by atoms with E-state index < -0.39 is 6.17 Å². The zero-order chi connectivity index (χ0) is 20.5. The summed E-state index contributed by atoms with van der Waals surface area (Å²) in [4.78, 5) is 22.4. The highest BCUT2D eigenvalue weighted by Crippen LogP contribution is 2.30. The van der Waals surface area contributed by atoms with Crippen LogP contribution in [0.15, 0.2) is 83.0 Å². The van der Waals surface area contributed by atoms with Crippen LogP contribution in [0.1, 0.15) is 23.0 Å². The second-order valence-electron chi connectivity index (χ2n) is 7.10. The number of hydrogen-bond donors (Lipinski definition) is 1. The van der Waals surface area contributed by atoms with Crippen molar-refractivity contribution < 1.29 is 4.79 Å². The summed E-state index contributed by atoms with van der Waals surface area (Å²) in [5.74, 6) is 0.532. The molecule has 1 aromatic heterocycles. The highest BCUT2D eigenvalue weighted by Gasteiger charge is 2.34. The van der Waals surface area contributed by atoms with E-state index in [4.69, 9.17) is 10.1 Å². The lowest BCUT2D eigenvalue weighted by Gasteiger charge is -2.33. The number of benzene rings is 2. The summed E-state index contributed by atoms with van der Waals surface area (Å²) in [6, 6.07) is 21.7. The average Bonchev–Trinajstić information content (AvgIpc) is 2.78. The van der Waals surface area contributed by atoms with Crippen LogP contribution in [0.4, 0.5) is 0 Å². The van der Waals surface area contributed by atoms with Gasteiger partial charge < -0.3 is 0 Å². The monoisotopic (exact) mass is 413 g/mol. The summed E-state index contributed by atoms with van der Waals surface area (Å²) in [6.07, 6.45) is 1.24. The van der Waals surface area contributed by atoms with Crippen LogP contribution in [0.3, 0.4) is 0 Å². The molecule has 0 fully saturated rings. The van der Waals surface area contributed by atoms with Crippen molar-refractivity contribution in [3.05, 3.63) is 100 Å². The normalized spacial score (nSPS) is 17.4. The van der Waals surface area contributed by atoms with E-state index in [-0.39, 0.29) is 5.91 Å². The molecule has 6 nitrogen and oxygen atoms in total. The third-order valence-electron chi connectivity index (χ3n) is 4.96. The minimum atomic E-state index is -0.489. The Balaban J connectivity index is 1.54. The van der Waals surface area contributed by atoms with Crippen molar-refractivity contribution >= 4 is 28.5 Å². The summed E-state index contributed by atoms with van der Waals surface area (Å²) in [6.45, 7) is 2.06. The highest BCUT2D eigenvalue weighted by molar-refractivity contribution is 8.13. The Bertz CT molecular complexity index is 1250. The first-order chi connectivity index (χ1) is 14.7. The molecular formula is C23H19N5OS. The molecule has 0 saturated heterocycles. The van der Waals surface area contributed by atoms with Crippen LogP contribution in [-0.2, 0) is 10.5 Å². The van der Waals surface area contributed by atoms with Crippen molar-refractivity contribution in [2.75, 3.05) is 0 Å². The van der Waals surface area contributed by atoms with Crippen molar-refractivity contribution in [3.63, 3.8) is 0 Å². The zero-order valence-corrected chi connectivity index (χ0v) is 17.1. The Labute approximate surface area is 178 Å². The summed E-state index contributed by atoms with van der Waals surface area (Å²) in [5.41, 5.74) is 3.63. The Kier molecular flexibility index (Phi) is 4.80. The number of hydrazone groups is 1. The molecule has 2 aromatic carbocycles. The minimum absolute atomic E-state index is 0.181. The highest BCUT2D eigenvalue weighted by atomic mass is 32.2. The van der Waals surface area contributed by atoms with Crippen molar-refractivity contribution in [2.45, 2.75) is 18.8 Å². The number of aryl methyl sites for hydroxylation is 1. The van der Waals surface area contributed by atoms with E-state index in [0.717, 1.165) is 16.3 Å². The van der Waals surface area contributed by atoms with Gasteiger partial charge >= 0.3 is 0 Å². The van der Waals surface area contributed by atoms with Crippen LogP contribution in [0, 0.1) is 6.92 Å². The van der Waals surface area contributed by atoms with Gasteiger partial charge in [-0.1, -0.05) is 65.9 Å². The lowest BCUT2D eigenvalue weighted by Crippen LogP contribution is -2.50. The number of aromatic nitrogens is 1. The molecule has 3 heterocycles. The fourth-order valence-corrected chi connectivity index (χ4v) is 4.26. The molecule has 148 valence electrons. The number of nitrogens with one attached hydrogen (secondary N) is 1. The number of amides is 1. The van der Waals surface area contributed by atoms with Gasteiger partial charge in [-0.2, -0.15) is 0 Å². The average molecular weight is 414 g/mol. The first-order valence-corrected chi connectivity index (χ1v) is 10.6. The van der Waals surface area contributed by atoms with Gasteiger partial charge in [-0.15, -0.1) is 5.10 Å². The molecule has 0 spiro atoms. The van der Waals surface area contributed by atoms with Crippen LogP contribution in [0.2, 0.25) is 0 Å². The molecule has 30 heavy (non-hydrogen) atoms. The number of pyridine rings is 1. The predicted octanol–water partition coefficient (Wildman–Crippen LogP) is 2.47. The zero-order valence-electron chi connectivity index (χ0n) is 16.3. The van der Waals surface area contributed by atoms with E-state index in [0.29, 0.717) is 16.6 Å². The largest absolute Gasteiger partial charge is 0.298 e. The molecular weight excluding hydrogens is 394 g/mol. The van der Waals surface area contributed by atoms with Gasteiger partial charge in [0.25, 0.3) is 5.91 Å². The number of amidine groups is 1. The Morgan fingerprint density at radius 2 is 1.83 bits per heavy atom. The van der Waals surface area contributed by atoms with E-state index in [1.54, 1.807) is 11.2 Å². The van der Waals surface area contributed by atoms with Gasteiger partial charge in [0.15, 0.2) is 11.3 Å². The molecule has 7 heteroatoms. The SMILES string of the molecule is Cc1ccc(CSC2=NN3C(=c4ccccc4=N[C@H]3c3ccccn3)C(=O)N2)cc1. The number of nitrogens with zero attached hydrogens (tertiary/aromatic N) is 4. The smallest absolute Gasteiger partial charge is 0.276 e. The van der Waals surface area contributed by atoms with Crippen molar-refractivity contribution in [1.82, 2.24) is 15.3 Å². The van der Waals surface area contributed by atoms with Gasteiger partial charge in [0.2, 0.25) is 0 Å². The molecule has 3 aromatic rings. The fraction of sp³-hybridized carbons (Fsp3) is 0.130. The molecule has 0 aliphatic carbocycles. The fourth-order valence-electron chi connectivity index (χ4n) is 3.45. The predicted molar refractivity (Wildman–Crippen MR) is 117 cm³/mol. The number of carbonyl (C=O) groups is 1. The summed E-state index contributed by atoms with van der Waals surface area (Å²) >= 11 is 1.50. The molecule has 0 radical (unpaired) electrons. The maximum atomic E-state index is 13.1. The third kappa shape index (κ3) is 3.48. The maximum Gasteiger partial charge on any atom is 0.276 e. The molecule has 5 rings (SSSR count). The Morgan fingerprint density at radius 3 is 2.63 bits per heavy atom. The van der Waals surface area contributed by atoms with E-state index in [1.807, 2.05) is 42.5 Å². The lowest BCUT2D eigenvalue weighted by atomic mass is 10.1. The molecule has 1 amide bonds. The lowest BCUT2D eigenvalue weighted by molar-refractivity contribution is -0.116. The first-order valence-electron chi connectivity index (χ1n) is 9.65. The number of hydrogen-bond acceptors (Lipinski definition) is 6.